The number of allylic oxidation sites excluding steroid dienone is 1. The maximum absolute atomic E-state index is 12.9. The molecule has 0 N–H and O–H groups in total. The third-order valence-corrected chi connectivity index (χ3v) is 7.66. The first-order chi connectivity index (χ1) is 18.5. The highest BCUT2D eigenvalue weighted by Gasteiger charge is 2.24. The van der Waals surface area contributed by atoms with Gasteiger partial charge in [-0.05, 0) is 76.4 Å². The molecule has 2 aliphatic heterocycles. The van der Waals surface area contributed by atoms with Crippen LogP contribution in [0.3, 0.4) is 0 Å². The van der Waals surface area contributed by atoms with Gasteiger partial charge in [-0.2, -0.15) is 5.10 Å². The maximum Gasteiger partial charge on any atom is 0.246 e. The van der Waals surface area contributed by atoms with E-state index >= 15 is 0 Å². The van der Waals surface area contributed by atoms with E-state index < -0.39 is 0 Å². The molecule has 5 rings (SSSR count). The van der Waals surface area contributed by atoms with Gasteiger partial charge in [-0.1, -0.05) is 18.2 Å². The first kappa shape index (κ1) is 26.2. The summed E-state index contributed by atoms with van der Waals surface area (Å²) >= 11 is 0. The van der Waals surface area contributed by atoms with Gasteiger partial charge in [0.25, 0.3) is 0 Å². The monoisotopic (exact) mass is 517 g/mol. The molecule has 0 aliphatic carbocycles. The molecule has 4 heterocycles. The van der Waals surface area contributed by atoms with Gasteiger partial charge in [-0.25, -0.2) is 14.6 Å². The summed E-state index contributed by atoms with van der Waals surface area (Å²) in [5.74, 6) is 2.35. The number of benzene rings is 1. The molecular formula is C29H39N7O2. The van der Waals surface area contributed by atoms with E-state index in [2.05, 4.69) is 50.9 Å². The summed E-state index contributed by atoms with van der Waals surface area (Å²) in [6, 6.07) is 8.67. The number of likely N-dealkylation sites (tertiary alicyclic amines) is 1. The summed E-state index contributed by atoms with van der Waals surface area (Å²) in [6.07, 6.45) is 9.66. The Hall–Kier alpha value is -3.46. The number of carbonyl (C=O) groups is 1. The minimum Gasteiger partial charge on any atom is -0.494 e. The molecule has 0 spiro atoms. The van der Waals surface area contributed by atoms with Gasteiger partial charge in [0.05, 0.1) is 24.7 Å². The average Bonchev–Trinajstić information content (AvgIpc) is 3.35. The van der Waals surface area contributed by atoms with Crippen LogP contribution < -0.4 is 9.64 Å². The molecule has 0 radical (unpaired) electrons. The van der Waals surface area contributed by atoms with Crippen molar-refractivity contribution in [1.29, 1.82) is 0 Å². The van der Waals surface area contributed by atoms with Crippen LogP contribution in [0.2, 0.25) is 0 Å². The zero-order valence-corrected chi connectivity index (χ0v) is 22.8. The lowest BCUT2D eigenvalue weighted by atomic mass is 9.95. The van der Waals surface area contributed by atoms with Crippen LogP contribution in [0.5, 0.6) is 5.75 Å². The number of amides is 1. The van der Waals surface area contributed by atoms with Crippen LogP contribution in [0.4, 0.5) is 5.82 Å². The SMILES string of the molecule is CCOc1cccc(Cn2ncc3c(N4CCN(C(=O)/C=C/C5CCN(C(C)C)CC5)CC4)ncnc32)c1. The van der Waals surface area contributed by atoms with Crippen molar-refractivity contribution in [2.75, 3.05) is 50.8 Å². The Balaban J connectivity index is 1.19. The standard InChI is InChI=1S/C29H39N7O2/c1-4-38-25-7-5-6-24(18-25)20-36-29-26(19-32-36)28(30-21-31-29)35-16-14-34(15-17-35)27(37)9-8-23-10-12-33(13-11-23)22(2)3/h5-9,18-19,21-23H,4,10-17,20H2,1-3H3/b9-8+. The first-order valence-corrected chi connectivity index (χ1v) is 13.9. The lowest BCUT2D eigenvalue weighted by Crippen LogP contribution is -2.48. The fourth-order valence-corrected chi connectivity index (χ4v) is 5.41. The minimum atomic E-state index is 0.117. The summed E-state index contributed by atoms with van der Waals surface area (Å²) < 4.78 is 7.54. The Kier molecular flexibility index (Phi) is 8.22. The molecule has 0 atom stereocenters. The summed E-state index contributed by atoms with van der Waals surface area (Å²) in [5, 5.41) is 5.55. The molecule has 1 amide bonds. The van der Waals surface area contributed by atoms with Crippen molar-refractivity contribution < 1.29 is 9.53 Å². The van der Waals surface area contributed by atoms with Crippen molar-refractivity contribution in [3.8, 4) is 5.75 Å². The van der Waals surface area contributed by atoms with Crippen molar-refractivity contribution in [2.24, 2.45) is 5.92 Å². The molecule has 0 saturated carbocycles. The normalized spacial score (nSPS) is 17.7. The number of nitrogens with zero attached hydrogens (tertiary/aromatic N) is 7. The molecule has 2 fully saturated rings. The number of rotatable bonds is 8. The van der Waals surface area contributed by atoms with E-state index in [1.54, 1.807) is 12.4 Å². The van der Waals surface area contributed by atoms with Crippen LogP contribution in [-0.2, 0) is 11.3 Å². The fourth-order valence-electron chi connectivity index (χ4n) is 5.41. The van der Waals surface area contributed by atoms with Crippen molar-refractivity contribution in [2.45, 2.75) is 46.2 Å². The predicted molar refractivity (Wildman–Crippen MR) is 149 cm³/mol. The molecule has 3 aromatic rings. The molecule has 1 aromatic carbocycles. The predicted octanol–water partition coefficient (Wildman–Crippen LogP) is 3.60. The topological polar surface area (TPSA) is 79.6 Å². The van der Waals surface area contributed by atoms with Crippen molar-refractivity contribution in [1.82, 2.24) is 29.5 Å². The van der Waals surface area contributed by atoms with E-state index in [-0.39, 0.29) is 5.91 Å². The third kappa shape index (κ3) is 5.99. The van der Waals surface area contributed by atoms with Crippen molar-refractivity contribution >= 4 is 22.8 Å². The summed E-state index contributed by atoms with van der Waals surface area (Å²) in [6.45, 7) is 12.8. The van der Waals surface area contributed by atoms with Crippen LogP contribution in [-0.4, -0.2) is 87.4 Å². The average molecular weight is 518 g/mol. The highest BCUT2D eigenvalue weighted by Crippen LogP contribution is 2.25. The Bertz CT molecular complexity index is 1250. The second-order valence-corrected chi connectivity index (χ2v) is 10.5. The molecule has 9 heteroatoms. The van der Waals surface area contributed by atoms with Crippen LogP contribution in [0.15, 0.2) is 48.9 Å². The number of carbonyl (C=O) groups excluding carboxylic acids is 1. The number of fused-ring (bicyclic) bond motifs is 1. The zero-order chi connectivity index (χ0) is 26.5. The summed E-state index contributed by atoms with van der Waals surface area (Å²) in [4.78, 5) is 28.7. The fraction of sp³-hybridized carbons (Fsp3) is 0.517. The van der Waals surface area contributed by atoms with Crippen LogP contribution in [0, 0.1) is 5.92 Å². The van der Waals surface area contributed by atoms with E-state index in [0.29, 0.717) is 38.2 Å². The number of piperazine rings is 1. The second kappa shape index (κ2) is 11.9. The van der Waals surface area contributed by atoms with Gasteiger partial charge in [0.1, 0.15) is 17.9 Å². The van der Waals surface area contributed by atoms with Gasteiger partial charge in [-0.3, -0.25) is 4.79 Å². The van der Waals surface area contributed by atoms with E-state index in [4.69, 9.17) is 4.74 Å². The van der Waals surface area contributed by atoms with Crippen molar-refractivity contribution in [3.05, 3.63) is 54.5 Å². The summed E-state index contributed by atoms with van der Waals surface area (Å²) in [7, 11) is 0. The quantitative estimate of drug-likeness (QED) is 0.423. The van der Waals surface area contributed by atoms with E-state index in [9.17, 15) is 4.79 Å². The largest absolute Gasteiger partial charge is 0.494 e. The number of hydrogen-bond acceptors (Lipinski definition) is 7. The smallest absolute Gasteiger partial charge is 0.246 e. The van der Waals surface area contributed by atoms with Gasteiger partial charge < -0.3 is 19.4 Å². The summed E-state index contributed by atoms with van der Waals surface area (Å²) in [5.41, 5.74) is 1.91. The molecule has 0 bridgehead atoms. The molecular weight excluding hydrogens is 478 g/mol. The Labute approximate surface area is 225 Å². The van der Waals surface area contributed by atoms with Gasteiger partial charge in [0.2, 0.25) is 5.91 Å². The van der Waals surface area contributed by atoms with Crippen LogP contribution in [0.25, 0.3) is 11.0 Å². The minimum absolute atomic E-state index is 0.117. The van der Waals surface area contributed by atoms with Crippen LogP contribution >= 0.6 is 0 Å². The Morgan fingerprint density at radius 2 is 1.89 bits per heavy atom. The molecule has 38 heavy (non-hydrogen) atoms. The van der Waals surface area contributed by atoms with Crippen LogP contribution in [0.1, 0.15) is 39.2 Å². The van der Waals surface area contributed by atoms with Gasteiger partial charge in [0.15, 0.2) is 5.65 Å². The number of piperidine rings is 1. The highest BCUT2D eigenvalue weighted by molar-refractivity contribution is 5.89. The number of aromatic nitrogens is 4. The van der Waals surface area contributed by atoms with Gasteiger partial charge >= 0.3 is 0 Å². The van der Waals surface area contributed by atoms with Crippen molar-refractivity contribution in [3.63, 3.8) is 0 Å². The zero-order valence-electron chi connectivity index (χ0n) is 22.8. The number of anilines is 1. The van der Waals surface area contributed by atoms with E-state index in [1.807, 2.05) is 40.9 Å². The molecule has 0 unspecified atom stereocenters. The second-order valence-electron chi connectivity index (χ2n) is 10.5. The Morgan fingerprint density at radius 1 is 1.11 bits per heavy atom. The molecule has 9 nitrogen and oxygen atoms in total. The molecule has 2 aliphatic rings. The number of hydrogen-bond donors (Lipinski definition) is 0. The molecule has 2 saturated heterocycles. The lowest BCUT2D eigenvalue weighted by Gasteiger charge is -2.35. The lowest BCUT2D eigenvalue weighted by molar-refractivity contribution is -0.126. The Morgan fingerprint density at radius 3 is 2.63 bits per heavy atom. The highest BCUT2D eigenvalue weighted by atomic mass is 16.5. The van der Waals surface area contributed by atoms with E-state index in [1.165, 1.54) is 0 Å². The maximum atomic E-state index is 12.9. The van der Waals surface area contributed by atoms with Gasteiger partial charge in [0, 0.05) is 32.2 Å². The molecule has 202 valence electrons. The molecule has 2 aromatic heterocycles. The third-order valence-electron chi connectivity index (χ3n) is 7.66. The van der Waals surface area contributed by atoms with E-state index in [0.717, 1.165) is 67.2 Å². The van der Waals surface area contributed by atoms with Gasteiger partial charge in [-0.15, -0.1) is 0 Å². The first-order valence-electron chi connectivity index (χ1n) is 13.9. The number of ether oxygens (including phenoxy) is 1.